The van der Waals surface area contributed by atoms with Crippen LogP contribution < -0.4 is 5.32 Å². The SMILES string of the molecule is N#Cc1ccc(NC(=O)C2CCN(C(=O)C3CCC3)CC2)cc1. The quantitative estimate of drug-likeness (QED) is 0.932. The molecule has 0 aromatic heterocycles. The number of piperidine rings is 1. The van der Waals surface area contributed by atoms with Crippen molar-refractivity contribution in [2.45, 2.75) is 32.1 Å². The summed E-state index contributed by atoms with van der Waals surface area (Å²) in [5.41, 5.74) is 1.28. The normalized spacial score (nSPS) is 18.8. The van der Waals surface area contributed by atoms with Gasteiger partial charge < -0.3 is 10.2 Å². The van der Waals surface area contributed by atoms with Crippen molar-refractivity contribution in [3.8, 4) is 6.07 Å². The predicted octanol–water partition coefficient (Wildman–Crippen LogP) is 2.54. The zero-order valence-electron chi connectivity index (χ0n) is 13.1. The average molecular weight is 311 g/mol. The van der Waals surface area contributed by atoms with Crippen LogP contribution in [0.4, 0.5) is 5.69 Å². The minimum atomic E-state index is -0.0453. The molecule has 0 radical (unpaired) electrons. The molecule has 3 rings (SSSR count). The Morgan fingerprint density at radius 1 is 1.04 bits per heavy atom. The molecule has 1 heterocycles. The second-order valence-corrected chi connectivity index (χ2v) is 6.41. The van der Waals surface area contributed by atoms with Crippen LogP contribution in [0.25, 0.3) is 0 Å². The Balaban J connectivity index is 1.49. The van der Waals surface area contributed by atoms with Gasteiger partial charge in [-0.25, -0.2) is 0 Å². The van der Waals surface area contributed by atoms with E-state index in [1.807, 2.05) is 4.90 Å². The number of carbonyl (C=O) groups is 2. The molecule has 2 aliphatic rings. The van der Waals surface area contributed by atoms with E-state index >= 15 is 0 Å². The van der Waals surface area contributed by atoms with Crippen LogP contribution in [0.1, 0.15) is 37.7 Å². The fourth-order valence-corrected chi connectivity index (χ4v) is 3.15. The number of rotatable bonds is 3. The van der Waals surface area contributed by atoms with Crippen LogP contribution in [0, 0.1) is 23.2 Å². The lowest BCUT2D eigenvalue weighted by atomic mass is 9.83. The van der Waals surface area contributed by atoms with Crippen molar-refractivity contribution < 1.29 is 9.59 Å². The number of nitriles is 1. The van der Waals surface area contributed by atoms with Crippen LogP contribution in [0.3, 0.4) is 0 Å². The predicted molar refractivity (Wildman–Crippen MR) is 86.4 cm³/mol. The molecule has 0 atom stereocenters. The molecule has 0 unspecified atom stereocenters. The van der Waals surface area contributed by atoms with E-state index in [2.05, 4.69) is 11.4 Å². The van der Waals surface area contributed by atoms with Crippen molar-refractivity contribution in [1.82, 2.24) is 4.90 Å². The molecule has 23 heavy (non-hydrogen) atoms. The van der Waals surface area contributed by atoms with Gasteiger partial charge in [0.05, 0.1) is 11.6 Å². The van der Waals surface area contributed by atoms with Crippen LogP contribution in [-0.4, -0.2) is 29.8 Å². The van der Waals surface area contributed by atoms with Crippen molar-refractivity contribution in [2.24, 2.45) is 11.8 Å². The van der Waals surface area contributed by atoms with Crippen LogP contribution in [0.15, 0.2) is 24.3 Å². The van der Waals surface area contributed by atoms with E-state index in [4.69, 9.17) is 5.26 Å². The number of benzene rings is 1. The summed E-state index contributed by atoms with van der Waals surface area (Å²) < 4.78 is 0. The molecular formula is C18H21N3O2. The highest BCUT2D eigenvalue weighted by Crippen LogP contribution is 2.30. The first-order chi connectivity index (χ1) is 11.2. The van der Waals surface area contributed by atoms with Crippen molar-refractivity contribution in [3.05, 3.63) is 29.8 Å². The number of hydrogen-bond donors (Lipinski definition) is 1. The molecule has 1 N–H and O–H groups in total. The van der Waals surface area contributed by atoms with Gasteiger partial charge in [0, 0.05) is 30.6 Å². The van der Waals surface area contributed by atoms with Crippen LogP contribution in [0.5, 0.6) is 0 Å². The molecular weight excluding hydrogens is 290 g/mol. The maximum atomic E-state index is 12.3. The Morgan fingerprint density at radius 3 is 2.22 bits per heavy atom. The summed E-state index contributed by atoms with van der Waals surface area (Å²) in [6.45, 7) is 1.36. The van der Waals surface area contributed by atoms with Crippen LogP contribution in [0.2, 0.25) is 0 Å². The van der Waals surface area contributed by atoms with Gasteiger partial charge in [0.15, 0.2) is 0 Å². The molecule has 1 aliphatic carbocycles. The maximum Gasteiger partial charge on any atom is 0.227 e. The number of nitrogens with zero attached hydrogens (tertiary/aromatic N) is 2. The summed E-state index contributed by atoms with van der Waals surface area (Å²) in [5, 5.41) is 11.7. The summed E-state index contributed by atoms with van der Waals surface area (Å²) >= 11 is 0. The summed E-state index contributed by atoms with van der Waals surface area (Å²) in [7, 11) is 0. The first kappa shape index (κ1) is 15.5. The highest BCUT2D eigenvalue weighted by Gasteiger charge is 2.33. The number of hydrogen-bond acceptors (Lipinski definition) is 3. The van der Waals surface area contributed by atoms with Crippen molar-refractivity contribution in [3.63, 3.8) is 0 Å². The molecule has 1 aliphatic heterocycles. The highest BCUT2D eigenvalue weighted by atomic mass is 16.2. The zero-order chi connectivity index (χ0) is 16.2. The van der Waals surface area contributed by atoms with Gasteiger partial charge in [-0.1, -0.05) is 6.42 Å². The molecule has 2 amide bonds. The van der Waals surface area contributed by atoms with Crippen LogP contribution in [-0.2, 0) is 9.59 Å². The number of likely N-dealkylation sites (tertiary alicyclic amines) is 1. The van der Waals surface area contributed by atoms with E-state index < -0.39 is 0 Å². The van der Waals surface area contributed by atoms with Gasteiger partial charge in [-0.05, 0) is 49.9 Å². The summed E-state index contributed by atoms with van der Waals surface area (Å²) in [5.74, 6) is 0.475. The molecule has 5 nitrogen and oxygen atoms in total. The van der Waals surface area contributed by atoms with E-state index in [1.54, 1.807) is 24.3 Å². The number of anilines is 1. The Labute approximate surface area is 136 Å². The third-order valence-electron chi connectivity index (χ3n) is 4.91. The Bertz CT molecular complexity index is 621. The average Bonchev–Trinajstić information content (AvgIpc) is 2.54. The Morgan fingerprint density at radius 2 is 1.70 bits per heavy atom. The molecule has 1 saturated heterocycles. The lowest BCUT2D eigenvalue weighted by Crippen LogP contribution is -2.45. The van der Waals surface area contributed by atoms with E-state index in [0.717, 1.165) is 25.7 Å². The summed E-state index contributed by atoms with van der Waals surface area (Å²) in [6, 6.07) is 8.92. The lowest BCUT2D eigenvalue weighted by molar-refractivity contribution is -0.140. The van der Waals surface area contributed by atoms with Gasteiger partial charge >= 0.3 is 0 Å². The fourth-order valence-electron chi connectivity index (χ4n) is 3.15. The van der Waals surface area contributed by atoms with Gasteiger partial charge in [0.25, 0.3) is 0 Å². The molecule has 1 aromatic carbocycles. The van der Waals surface area contributed by atoms with Crippen molar-refractivity contribution >= 4 is 17.5 Å². The minimum Gasteiger partial charge on any atom is -0.342 e. The smallest absolute Gasteiger partial charge is 0.227 e. The van der Waals surface area contributed by atoms with Crippen LogP contribution >= 0.6 is 0 Å². The molecule has 0 bridgehead atoms. The fraction of sp³-hybridized carbons (Fsp3) is 0.500. The zero-order valence-corrected chi connectivity index (χ0v) is 13.1. The molecule has 0 spiro atoms. The lowest BCUT2D eigenvalue weighted by Gasteiger charge is -2.36. The van der Waals surface area contributed by atoms with Crippen molar-refractivity contribution in [2.75, 3.05) is 18.4 Å². The summed E-state index contributed by atoms with van der Waals surface area (Å²) in [4.78, 5) is 26.5. The number of nitrogens with one attached hydrogen (secondary N) is 1. The standard InChI is InChI=1S/C18H21N3O2/c19-12-13-4-6-16(7-5-13)20-17(22)14-8-10-21(11-9-14)18(23)15-2-1-3-15/h4-7,14-15H,1-3,8-11H2,(H,20,22). The van der Waals surface area contributed by atoms with E-state index in [-0.39, 0.29) is 23.7 Å². The first-order valence-corrected chi connectivity index (χ1v) is 8.27. The maximum absolute atomic E-state index is 12.3. The monoisotopic (exact) mass is 311 g/mol. The van der Waals surface area contributed by atoms with Crippen molar-refractivity contribution in [1.29, 1.82) is 5.26 Å². The van der Waals surface area contributed by atoms with Gasteiger partial charge in [0.2, 0.25) is 11.8 Å². The highest BCUT2D eigenvalue weighted by molar-refractivity contribution is 5.92. The van der Waals surface area contributed by atoms with Gasteiger partial charge in [-0.3, -0.25) is 9.59 Å². The topological polar surface area (TPSA) is 73.2 Å². The molecule has 1 saturated carbocycles. The molecule has 120 valence electrons. The molecule has 2 fully saturated rings. The third-order valence-corrected chi connectivity index (χ3v) is 4.91. The number of amides is 2. The Kier molecular flexibility index (Phi) is 4.61. The van der Waals surface area contributed by atoms with E-state index in [9.17, 15) is 9.59 Å². The van der Waals surface area contributed by atoms with Gasteiger partial charge in [-0.2, -0.15) is 5.26 Å². The minimum absolute atomic E-state index is 0.00505. The molecule has 1 aromatic rings. The third kappa shape index (κ3) is 3.53. The van der Waals surface area contributed by atoms with E-state index in [0.29, 0.717) is 24.3 Å². The number of carbonyl (C=O) groups excluding carboxylic acids is 2. The largest absolute Gasteiger partial charge is 0.342 e. The van der Waals surface area contributed by atoms with E-state index in [1.165, 1.54) is 6.42 Å². The second-order valence-electron chi connectivity index (χ2n) is 6.41. The Hall–Kier alpha value is -2.35. The van der Waals surface area contributed by atoms with Gasteiger partial charge in [0.1, 0.15) is 0 Å². The first-order valence-electron chi connectivity index (χ1n) is 8.27. The second kappa shape index (κ2) is 6.82. The summed E-state index contributed by atoms with van der Waals surface area (Å²) in [6.07, 6.45) is 4.66. The van der Waals surface area contributed by atoms with Gasteiger partial charge in [-0.15, -0.1) is 0 Å². The molecule has 5 heteroatoms.